The molecule has 0 unspecified atom stereocenters. The molecule has 0 amide bonds. The second-order valence-corrected chi connectivity index (χ2v) is 5.31. The highest BCUT2D eigenvalue weighted by Gasteiger charge is 2.11. The van der Waals surface area contributed by atoms with Gasteiger partial charge in [-0.1, -0.05) is 17.7 Å². The smallest absolute Gasteiger partial charge is 0.194 e. The molecule has 1 aromatic rings. The Bertz CT molecular complexity index is 420. The highest BCUT2D eigenvalue weighted by atomic mass is 127. The van der Waals surface area contributed by atoms with Crippen LogP contribution in [0.15, 0.2) is 23.2 Å². The summed E-state index contributed by atoms with van der Waals surface area (Å²) in [7, 11) is 2.05. The molecule has 1 aliphatic rings. The van der Waals surface area contributed by atoms with Crippen molar-refractivity contribution in [1.29, 1.82) is 0 Å². The number of halogens is 2. The topological polar surface area (TPSA) is 27.6 Å². The van der Waals surface area contributed by atoms with Crippen molar-refractivity contribution >= 4 is 40.2 Å². The van der Waals surface area contributed by atoms with Crippen molar-refractivity contribution in [3.63, 3.8) is 0 Å². The summed E-state index contributed by atoms with van der Waals surface area (Å²) in [5.41, 5.74) is 1.24. The number of hydrogen-bond donors (Lipinski definition) is 1. The number of likely N-dealkylation sites (N-methyl/N-ethyl adjacent to an activating group) is 1. The van der Waals surface area contributed by atoms with Gasteiger partial charge in [-0.15, -0.1) is 0 Å². The van der Waals surface area contributed by atoms with Gasteiger partial charge in [0, 0.05) is 28.7 Å². The lowest BCUT2D eigenvalue weighted by Gasteiger charge is -2.15. The van der Waals surface area contributed by atoms with E-state index >= 15 is 0 Å². The summed E-state index contributed by atoms with van der Waals surface area (Å²) in [6, 6.07) is 5.94. The van der Waals surface area contributed by atoms with Crippen molar-refractivity contribution in [3.05, 3.63) is 32.4 Å². The van der Waals surface area contributed by atoms with E-state index in [1.54, 1.807) is 0 Å². The molecule has 0 radical (unpaired) electrons. The number of rotatable bonds is 2. The van der Waals surface area contributed by atoms with Gasteiger partial charge in [-0.2, -0.15) is 0 Å². The average Bonchev–Trinajstić information content (AvgIpc) is 2.63. The monoisotopic (exact) mass is 349 g/mol. The van der Waals surface area contributed by atoms with Crippen LogP contribution in [0.25, 0.3) is 0 Å². The SMILES string of the molecule is CN1CCN=C1NCc1ccc(Cl)cc1I. The molecule has 0 saturated carbocycles. The fourth-order valence-electron chi connectivity index (χ4n) is 1.56. The fraction of sp³-hybridized carbons (Fsp3) is 0.364. The lowest BCUT2D eigenvalue weighted by atomic mass is 10.2. The van der Waals surface area contributed by atoms with Gasteiger partial charge in [0.25, 0.3) is 0 Å². The van der Waals surface area contributed by atoms with Gasteiger partial charge in [0.05, 0.1) is 6.54 Å². The van der Waals surface area contributed by atoms with Crippen LogP contribution < -0.4 is 5.32 Å². The summed E-state index contributed by atoms with van der Waals surface area (Å²) < 4.78 is 1.18. The van der Waals surface area contributed by atoms with Crippen molar-refractivity contribution in [2.75, 3.05) is 20.1 Å². The van der Waals surface area contributed by atoms with Crippen LogP contribution in [0.3, 0.4) is 0 Å². The molecule has 86 valence electrons. The van der Waals surface area contributed by atoms with Crippen molar-refractivity contribution < 1.29 is 0 Å². The second-order valence-electron chi connectivity index (χ2n) is 3.72. The standard InChI is InChI=1S/C11H13ClIN3/c1-16-5-4-14-11(16)15-7-8-2-3-9(12)6-10(8)13/h2-3,6H,4-5,7H2,1H3,(H,14,15). The lowest BCUT2D eigenvalue weighted by molar-refractivity contribution is 0.534. The van der Waals surface area contributed by atoms with Crippen molar-refractivity contribution in [2.24, 2.45) is 4.99 Å². The van der Waals surface area contributed by atoms with Gasteiger partial charge in [0.1, 0.15) is 0 Å². The van der Waals surface area contributed by atoms with E-state index in [9.17, 15) is 0 Å². The first kappa shape index (κ1) is 12.0. The number of benzene rings is 1. The minimum atomic E-state index is 0.781. The molecule has 1 heterocycles. The summed E-state index contributed by atoms with van der Waals surface area (Å²) in [5.74, 6) is 0.978. The predicted molar refractivity (Wildman–Crippen MR) is 75.9 cm³/mol. The number of hydrogen-bond acceptors (Lipinski definition) is 3. The van der Waals surface area contributed by atoms with E-state index in [0.29, 0.717) is 0 Å². The maximum atomic E-state index is 5.91. The minimum absolute atomic E-state index is 0.781. The maximum Gasteiger partial charge on any atom is 0.194 e. The Morgan fingerprint density at radius 2 is 2.38 bits per heavy atom. The van der Waals surface area contributed by atoms with Gasteiger partial charge in [0.15, 0.2) is 5.96 Å². The molecule has 2 rings (SSSR count). The van der Waals surface area contributed by atoms with Crippen molar-refractivity contribution in [2.45, 2.75) is 6.54 Å². The molecule has 1 N–H and O–H groups in total. The highest BCUT2D eigenvalue weighted by molar-refractivity contribution is 14.1. The first-order valence-corrected chi connectivity index (χ1v) is 6.56. The summed E-state index contributed by atoms with van der Waals surface area (Å²) >= 11 is 8.21. The Morgan fingerprint density at radius 1 is 1.56 bits per heavy atom. The average molecular weight is 350 g/mol. The Balaban J connectivity index is 1.99. The normalized spacial score (nSPS) is 15.2. The van der Waals surface area contributed by atoms with Crippen molar-refractivity contribution in [3.8, 4) is 0 Å². The Hall–Kier alpha value is -0.490. The molecule has 0 aromatic heterocycles. The number of aliphatic imine (C=N–C) groups is 1. The molecule has 0 saturated heterocycles. The molecule has 5 heteroatoms. The van der Waals surface area contributed by atoms with Crippen molar-refractivity contribution in [1.82, 2.24) is 10.2 Å². The summed E-state index contributed by atoms with van der Waals surface area (Å²) in [6.45, 7) is 2.68. The molecule has 16 heavy (non-hydrogen) atoms. The number of guanidine groups is 1. The van der Waals surface area contributed by atoms with E-state index in [-0.39, 0.29) is 0 Å². The fourth-order valence-corrected chi connectivity index (χ4v) is 2.62. The molecular formula is C11H13ClIN3. The summed E-state index contributed by atoms with van der Waals surface area (Å²) in [4.78, 5) is 6.51. The number of nitrogens with one attached hydrogen (secondary N) is 1. The third-order valence-corrected chi connectivity index (χ3v) is 3.75. The zero-order valence-electron chi connectivity index (χ0n) is 9.00. The van der Waals surface area contributed by atoms with Crippen LogP contribution in [0, 0.1) is 3.57 Å². The first-order valence-electron chi connectivity index (χ1n) is 5.10. The quantitative estimate of drug-likeness (QED) is 0.830. The van der Waals surface area contributed by atoms with Crippen LogP contribution >= 0.6 is 34.2 Å². The minimum Gasteiger partial charge on any atom is -0.352 e. The highest BCUT2D eigenvalue weighted by Crippen LogP contribution is 2.17. The molecular weight excluding hydrogens is 336 g/mol. The zero-order valence-corrected chi connectivity index (χ0v) is 11.9. The van der Waals surface area contributed by atoms with Gasteiger partial charge in [-0.25, -0.2) is 0 Å². The molecule has 1 aliphatic heterocycles. The largest absolute Gasteiger partial charge is 0.352 e. The number of nitrogens with zero attached hydrogens (tertiary/aromatic N) is 2. The molecule has 0 bridgehead atoms. The van der Waals surface area contributed by atoms with E-state index in [0.717, 1.165) is 30.6 Å². The Kier molecular flexibility index (Phi) is 3.91. The second kappa shape index (κ2) is 5.23. The van der Waals surface area contributed by atoms with E-state index in [1.807, 2.05) is 25.2 Å². The van der Waals surface area contributed by atoms with Gasteiger partial charge in [-0.3, -0.25) is 4.99 Å². The van der Waals surface area contributed by atoms with Gasteiger partial charge in [-0.05, 0) is 40.3 Å². The predicted octanol–water partition coefficient (Wildman–Crippen LogP) is 2.34. The van der Waals surface area contributed by atoms with Crippen LogP contribution in [0.4, 0.5) is 0 Å². The molecule has 1 aromatic carbocycles. The lowest BCUT2D eigenvalue weighted by Crippen LogP contribution is -2.35. The Morgan fingerprint density at radius 3 is 3.00 bits per heavy atom. The maximum absolute atomic E-state index is 5.91. The van der Waals surface area contributed by atoms with E-state index < -0.39 is 0 Å². The zero-order chi connectivity index (χ0) is 11.5. The van der Waals surface area contributed by atoms with Crippen LogP contribution in [-0.2, 0) is 6.54 Å². The molecule has 0 atom stereocenters. The first-order chi connectivity index (χ1) is 7.66. The summed E-state index contributed by atoms with van der Waals surface area (Å²) in [5, 5.41) is 4.12. The third kappa shape index (κ3) is 2.79. The van der Waals surface area contributed by atoms with Crippen LogP contribution in [0.5, 0.6) is 0 Å². The summed E-state index contributed by atoms with van der Waals surface area (Å²) in [6.07, 6.45) is 0. The van der Waals surface area contributed by atoms with E-state index in [4.69, 9.17) is 11.6 Å². The van der Waals surface area contributed by atoms with Gasteiger partial charge < -0.3 is 10.2 Å². The Labute approximate surface area is 114 Å². The van der Waals surface area contributed by atoms with Gasteiger partial charge in [0.2, 0.25) is 0 Å². The van der Waals surface area contributed by atoms with E-state index in [1.165, 1.54) is 9.13 Å². The van der Waals surface area contributed by atoms with E-state index in [2.05, 4.69) is 37.8 Å². The molecule has 0 aliphatic carbocycles. The molecule has 3 nitrogen and oxygen atoms in total. The molecule has 0 spiro atoms. The van der Waals surface area contributed by atoms with Crippen LogP contribution in [0.1, 0.15) is 5.56 Å². The van der Waals surface area contributed by atoms with Crippen LogP contribution in [0.2, 0.25) is 5.02 Å². The van der Waals surface area contributed by atoms with Gasteiger partial charge >= 0.3 is 0 Å². The molecule has 0 fully saturated rings. The van der Waals surface area contributed by atoms with Crippen LogP contribution in [-0.4, -0.2) is 31.0 Å². The third-order valence-electron chi connectivity index (χ3n) is 2.51.